The van der Waals surface area contributed by atoms with Crippen LogP contribution in [0, 0.1) is 5.92 Å². The summed E-state index contributed by atoms with van der Waals surface area (Å²) in [5.41, 5.74) is 0. The zero-order chi connectivity index (χ0) is 13.9. The largest absolute Gasteiger partial charge is 0.324 e. The van der Waals surface area contributed by atoms with Crippen LogP contribution in [-0.4, -0.2) is 37.6 Å². The Morgan fingerprint density at radius 2 is 2.42 bits per heavy atom. The quantitative estimate of drug-likeness (QED) is 0.841. The maximum atomic E-state index is 12.0. The zero-order valence-electron chi connectivity index (χ0n) is 10.9. The lowest BCUT2D eigenvalue weighted by atomic mass is 9.96. The maximum absolute atomic E-state index is 12.0. The van der Waals surface area contributed by atoms with Crippen molar-refractivity contribution in [1.29, 1.82) is 0 Å². The molecule has 1 aliphatic heterocycles. The Bertz CT molecular complexity index is 523. The minimum atomic E-state index is -3.61. The molecule has 0 bridgehead atoms. The third-order valence-corrected chi connectivity index (χ3v) is 5.28. The van der Waals surface area contributed by atoms with Crippen molar-refractivity contribution in [1.82, 2.24) is 19.6 Å². The Labute approximate surface area is 118 Å². The van der Waals surface area contributed by atoms with E-state index in [-0.39, 0.29) is 10.2 Å². The first-order valence-electron chi connectivity index (χ1n) is 6.38. The van der Waals surface area contributed by atoms with E-state index in [4.69, 9.17) is 11.6 Å². The number of hydrogen-bond acceptors (Lipinski definition) is 4. The van der Waals surface area contributed by atoms with Gasteiger partial charge in [-0.2, -0.15) is 0 Å². The van der Waals surface area contributed by atoms with Gasteiger partial charge < -0.3 is 9.88 Å². The molecule has 1 aromatic rings. The van der Waals surface area contributed by atoms with Crippen molar-refractivity contribution in [2.24, 2.45) is 13.0 Å². The van der Waals surface area contributed by atoms with Gasteiger partial charge in [-0.3, -0.25) is 0 Å². The van der Waals surface area contributed by atoms with Gasteiger partial charge in [-0.05, 0) is 38.3 Å². The van der Waals surface area contributed by atoms with Gasteiger partial charge in [-0.1, -0.05) is 11.6 Å². The number of aromatic nitrogens is 2. The van der Waals surface area contributed by atoms with Crippen LogP contribution in [0.25, 0.3) is 0 Å². The summed E-state index contributed by atoms with van der Waals surface area (Å²) >= 11 is 5.89. The molecule has 0 saturated carbocycles. The molecular weight excluding hydrogens is 288 g/mol. The molecule has 2 heterocycles. The number of sulfonamides is 1. The topological polar surface area (TPSA) is 76.0 Å². The second-order valence-electron chi connectivity index (χ2n) is 4.85. The van der Waals surface area contributed by atoms with E-state index < -0.39 is 10.0 Å². The molecule has 1 saturated heterocycles. The lowest BCUT2D eigenvalue weighted by molar-refractivity contribution is 0.358. The fourth-order valence-electron chi connectivity index (χ4n) is 2.21. The highest BCUT2D eigenvalue weighted by Crippen LogP contribution is 2.19. The molecule has 108 valence electrons. The van der Waals surface area contributed by atoms with Gasteiger partial charge in [0.2, 0.25) is 5.03 Å². The van der Waals surface area contributed by atoms with Gasteiger partial charge in [0.05, 0.1) is 6.33 Å². The average Bonchev–Trinajstić information content (AvgIpc) is 2.72. The first-order chi connectivity index (χ1) is 9.00. The second-order valence-corrected chi connectivity index (χ2v) is 6.89. The highest BCUT2D eigenvalue weighted by Gasteiger charge is 2.22. The standard InChI is InChI=1S/C11H19ClN4O2S/c1-16-8-14-11(10(16)12)19(17,18)15-6-4-9-3-2-5-13-7-9/h8-9,13,15H,2-7H2,1H3/t9-/m0/s1. The van der Waals surface area contributed by atoms with E-state index in [1.54, 1.807) is 7.05 Å². The Hall–Kier alpha value is -0.630. The number of imidazole rings is 1. The van der Waals surface area contributed by atoms with Crippen LogP contribution in [0.5, 0.6) is 0 Å². The van der Waals surface area contributed by atoms with Gasteiger partial charge in [0.25, 0.3) is 10.0 Å². The van der Waals surface area contributed by atoms with Crippen molar-refractivity contribution >= 4 is 21.6 Å². The van der Waals surface area contributed by atoms with E-state index in [0.29, 0.717) is 12.5 Å². The summed E-state index contributed by atoms with van der Waals surface area (Å²) in [6.45, 7) is 2.44. The van der Waals surface area contributed by atoms with Crippen molar-refractivity contribution in [3.8, 4) is 0 Å². The van der Waals surface area contributed by atoms with E-state index in [0.717, 1.165) is 32.4 Å². The molecule has 1 atom stereocenters. The Kier molecular flexibility index (Phi) is 4.83. The summed E-state index contributed by atoms with van der Waals surface area (Å²) in [6, 6.07) is 0. The molecule has 1 aromatic heterocycles. The van der Waals surface area contributed by atoms with Crippen molar-refractivity contribution < 1.29 is 8.42 Å². The van der Waals surface area contributed by atoms with Crippen LogP contribution in [0.15, 0.2) is 11.4 Å². The first kappa shape index (κ1) is 14.8. The molecule has 0 unspecified atom stereocenters. The van der Waals surface area contributed by atoms with Crippen molar-refractivity contribution in [2.45, 2.75) is 24.3 Å². The summed E-state index contributed by atoms with van der Waals surface area (Å²) in [5, 5.41) is 3.35. The van der Waals surface area contributed by atoms with E-state index >= 15 is 0 Å². The minimum absolute atomic E-state index is 0.0987. The van der Waals surface area contributed by atoms with E-state index in [9.17, 15) is 8.42 Å². The van der Waals surface area contributed by atoms with Gasteiger partial charge in [0.15, 0.2) is 0 Å². The van der Waals surface area contributed by atoms with Gasteiger partial charge in [0, 0.05) is 13.6 Å². The van der Waals surface area contributed by atoms with Crippen LogP contribution >= 0.6 is 11.6 Å². The minimum Gasteiger partial charge on any atom is -0.324 e. The molecule has 6 nitrogen and oxygen atoms in total. The molecule has 1 fully saturated rings. The second kappa shape index (κ2) is 6.21. The predicted molar refractivity (Wildman–Crippen MR) is 73.6 cm³/mol. The van der Waals surface area contributed by atoms with E-state index in [1.807, 2.05) is 0 Å². The number of aryl methyl sites for hydroxylation is 1. The third kappa shape index (κ3) is 3.68. The number of nitrogens with one attached hydrogen (secondary N) is 2. The van der Waals surface area contributed by atoms with Crippen LogP contribution < -0.4 is 10.0 Å². The molecule has 0 aromatic carbocycles. The summed E-state index contributed by atoms with van der Waals surface area (Å²) in [7, 11) is -1.95. The predicted octanol–water partition coefficient (Wildman–Crippen LogP) is 0.741. The van der Waals surface area contributed by atoms with Crippen LogP contribution in [0.3, 0.4) is 0 Å². The molecular formula is C11H19ClN4O2S. The molecule has 0 amide bonds. The average molecular weight is 307 g/mol. The SMILES string of the molecule is Cn1cnc(S(=O)(=O)NCC[C@@H]2CCCNC2)c1Cl. The Balaban J connectivity index is 1.89. The number of piperidine rings is 1. The monoisotopic (exact) mass is 306 g/mol. The number of halogens is 1. The molecule has 0 spiro atoms. The van der Waals surface area contributed by atoms with Gasteiger partial charge in [-0.25, -0.2) is 18.1 Å². The zero-order valence-corrected chi connectivity index (χ0v) is 12.5. The normalized spacial score (nSPS) is 20.6. The van der Waals surface area contributed by atoms with E-state index in [1.165, 1.54) is 10.9 Å². The molecule has 0 aliphatic carbocycles. The van der Waals surface area contributed by atoms with Gasteiger partial charge in [-0.15, -0.1) is 0 Å². The van der Waals surface area contributed by atoms with Crippen LogP contribution in [0.2, 0.25) is 5.15 Å². The summed E-state index contributed by atoms with van der Waals surface area (Å²) < 4.78 is 28.1. The highest BCUT2D eigenvalue weighted by molar-refractivity contribution is 7.89. The van der Waals surface area contributed by atoms with Crippen LogP contribution in [0.1, 0.15) is 19.3 Å². The van der Waals surface area contributed by atoms with Gasteiger partial charge >= 0.3 is 0 Å². The van der Waals surface area contributed by atoms with E-state index in [2.05, 4.69) is 15.0 Å². The molecule has 8 heteroatoms. The maximum Gasteiger partial charge on any atom is 0.261 e. The molecule has 1 aliphatic rings. The molecule has 0 radical (unpaired) electrons. The number of rotatable bonds is 5. The Morgan fingerprint density at radius 1 is 1.63 bits per heavy atom. The lowest BCUT2D eigenvalue weighted by Gasteiger charge is -2.22. The number of hydrogen-bond donors (Lipinski definition) is 2. The first-order valence-corrected chi connectivity index (χ1v) is 8.24. The van der Waals surface area contributed by atoms with Crippen molar-refractivity contribution in [2.75, 3.05) is 19.6 Å². The van der Waals surface area contributed by atoms with Crippen LogP contribution in [-0.2, 0) is 17.1 Å². The van der Waals surface area contributed by atoms with Crippen LogP contribution in [0.4, 0.5) is 0 Å². The lowest BCUT2D eigenvalue weighted by Crippen LogP contribution is -2.33. The van der Waals surface area contributed by atoms with Crippen molar-refractivity contribution in [3.05, 3.63) is 11.5 Å². The van der Waals surface area contributed by atoms with Crippen molar-refractivity contribution in [3.63, 3.8) is 0 Å². The Morgan fingerprint density at radius 3 is 3.00 bits per heavy atom. The fraction of sp³-hybridized carbons (Fsp3) is 0.727. The number of nitrogens with zero attached hydrogens (tertiary/aromatic N) is 2. The smallest absolute Gasteiger partial charge is 0.261 e. The third-order valence-electron chi connectivity index (χ3n) is 3.33. The van der Waals surface area contributed by atoms with Gasteiger partial charge in [0.1, 0.15) is 5.15 Å². The summed E-state index contributed by atoms with van der Waals surface area (Å²) in [4.78, 5) is 3.82. The molecule has 19 heavy (non-hydrogen) atoms. The molecule has 2 N–H and O–H groups in total. The fourth-order valence-corrected chi connectivity index (χ4v) is 3.68. The summed E-state index contributed by atoms with van der Waals surface area (Å²) in [5.74, 6) is 0.538. The molecule has 2 rings (SSSR count). The highest BCUT2D eigenvalue weighted by atomic mass is 35.5. The summed E-state index contributed by atoms with van der Waals surface area (Å²) in [6.07, 6.45) is 4.53.